The Balaban J connectivity index is 1.17. The van der Waals surface area contributed by atoms with Crippen molar-refractivity contribution >= 4 is 34.0 Å². The number of nitrogens with one attached hydrogen (secondary N) is 1. The minimum Gasteiger partial charge on any atom is -0.487 e. The number of likely N-dealkylation sites (tertiary alicyclic amines) is 1. The monoisotopic (exact) mass is 543 g/mol. The van der Waals surface area contributed by atoms with Crippen LogP contribution in [-0.4, -0.2) is 49.5 Å². The second-order valence-electron chi connectivity index (χ2n) is 9.56. The Morgan fingerprint density at radius 3 is 2.72 bits per heavy atom. The smallest absolute Gasteiger partial charge is 0.141 e. The van der Waals surface area contributed by atoms with Gasteiger partial charge in [0.1, 0.15) is 36.0 Å². The van der Waals surface area contributed by atoms with Crippen molar-refractivity contribution in [3.8, 4) is 17.0 Å². The second-order valence-corrected chi connectivity index (χ2v) is 9.97. The summed E-state index contributed by atoms with van der Waals surface area (Å²) >= 11 is 6.49. The maximum absolute atomic E-state index is 13.4. The van der Waals surface area contributed by atoms with Gasteiger partial charge in [-0.25, -0.2) is 14.4 Å². The van der Waals surface area contributed by atoms with Crippen LogP contribution >= 0.6 is 11.6 Å². The zero-order valence-corrected chi connectivity index (χ0v) is 22.0. The normalized spacial score (nSPS) is 13.7. The summed E-state index contributed by atoms with van der Waals surface area (Å²) in [5.74, 6) is 0.853. The molecule has 1 aliphatic heterocycles. The van der Waals surface area contributed by atoms with Gasteiger partial charge < -0.3 is 15.0 Å². The van der Waals surface area contributed by atoms with Gasteiger partial charge in [-0.15, -0.1) is 5.10 Å². The number of hydrogen-bond acceptors (Lipinski definition) is 7. The molecule has 0 bridgehead atoms. The summed E-state index contributed by atoms with van der Waals surface area (Å²) in [4.78, 5) is 11.4. The molecule has 0 saturated carbocycles. The van der Waals surface area contributed by atoms with Crippen LogP contribution in [0, 0.1) is 5.82 Å². The van der Waals surface area contributed by atoms with E-state index in [2.05, 4.69) is 30.5 Å². The van der Waals surface area contributed by atoms with E-state index in [0.717, 1.165) is 59.6 Å². The molecule has 3 aromatic carbocycles. The number of fused-ring (bicyclic) bond motifs is 1. The average molecular weight is 544 g/mol. The molecule has 3 heterocycles. The molecule has 1 aliphatic rings. The van der Waals surface area contributed by atoms with E-state index in [9.17, 15) is 4.39 Å². The zero-order valence-electron chi connectivity index (χ0n) is 21.2. The van der Waals surface area contributed by atoms with Gasteiger partial charge in [-0.2, -0.15) is 0 Å². The van der Waals surface area contributed by atoms with E-state index in [0.29, 0.717) is 16.6 Å². The third kappa shape index (κ3) is 6.00. The van der Waals surface area contributed by atoms with Crippen molar-refractivity contribution in [1.82, 2.24) is 29.9 Å². The molecule has 0 atom stereocenters. The van der Waals surface area contributed by atoms with Crippen LogP contribution in [0.5, 0.6) is 5.75 Å². The molecule has 198 valence electrons. The predicted octanol–water partition coefficient (Wildman–Crippen LogP) is 6.10. The molecule has 0 spiro atoms. The largest absolute Gasteiger partial charge is 0.487 e. The molecule has 5 aromatic rings. The first-order valence-electron chi connectivity index (χ1n) is 12.9. The Hall–Kier alpha value is -4.08. The van der Waals surface area contributed by atoms with E-state index in [1.165, 1.54) is 31.3 Å². The molecule has 0 radical (unpaired) electrons. The van der Waals surface area contributed by atoms with Crippen LogP contribution in [0.25, 0.3) is 22.2 Å². The first-order chi connectivity index (χ1) is 19.1. The first-order valence-corrected chi connectivity index (χ1v) is 13.3. The Morgan fingerprint density at radius 1 is 0.974 bits per heavy atom. The molecule has 0 unspecified atom stereocenters. The van der Waals surface area contributed by atoms with Gasteiger partial charge in [-0.1, -0.05) is 35.0 Å². The summed E-state index contributed by atoms with van der Waals surface area (Å²) < 4.78 is 21.1. The lowest BCUT2D eigenvalue weighted by Crippen LogP contribution is -2.24. The van der Waals surface area contributed by atoms with Crippen molar-refractivity contribution in [3.05, 3.63) is 89.6 Å². The zero-order chi connectivity index (χ0) is 26.6. The number of aromatic nitrogens is 5. The molecule has 1 N–H and O–H groups in total. The maximum Gasteiger partial charge on any atom is 0.141 e. The number of benzene rings is 3. The van der Waals surface area contributed by atoms with Crippen LogP contribution in [0.2, 0.25) is 5.02 Å². The van der Waals surface area contributed by atoms with Crippen LogP contribution in [-0.2, 0) is 13.2 Å². The third-order valence-corrected chi connectivity index (χ3v) is 7.09. The molecule has 2 aromatic heterocycles. The lowest BCUT2D eigenvalue weighted by atomic mass is 10.1. The van der Waals surface area contributed by atoms with Gasteiger partial charge in [0.15, 0.2) is 0 Å². The predicted molar refractivity (Wildman–Crippen MR) is 150 cm³/mol. The SMILES string of the molecule is Fc1cccc(COc2ccc(Nc3ncnc4ccc(-c5cn(CCN6CCCC6)nn5)cc34)cc2Cl)c1. The molecule has 1 saturated heterocycles. The molecule has 10 heteroatoms. The average Bonchev–Trinajstić information content (AvgIpc) is 3.64. The Morgan fingerprint density at radius 2 is 1.87 bits per heavy atom. The molecule has 0 amide bonds. The fraction of sp³-hybridized carbons (Fsp3) is 0.241. The minimum atomic E-state index is -0.302. The van der Waals surface area contributed by atoms with E-state index >= 15 is 0 Å². The van der Waals surface area contributed by atoms with E-state index in [1.54, 1.807) is 24.3 Å². The highest BCUT2D eigenvalue weighted by Crippen LogP contribution is 2.32. The van der Waals surface area contributed by atoms with Crippen molar-refractivity contribution in [1.29, 1.82) is 0 Å². The van der Waals surface area contributed by atoms with Gasteiger partial charge in [0, 0.05) is 23.2 Å². The summed E-state index contributed by atoms with van der Waals surface area (Å²) in [6.45, 7) is 4.35. The molecule has 1 fully saturated rings. The van der Waals surface area contributed by atoms with Crippen LogP contribution in [0.1, 0.15) is 18.4 Å². The molecule has 39 heavy (non-hydrogen) atoms. The molecule has 8 nitrogen and oxygen atoms in total. The highest BCUT2D eigenvalue weighted by atomic mass is 35.5. The summed E-state index contributed by atoms with van der Waals surface area (Å²) in [7, 11) is 0. The molecular formula is C29H27ClFN7O. The lowest BCUT2D eigenvalue weighted by Gasteiger charge is -2.13. The number of hydrogen-bond donors (Lipinski definition) is 1. The Labute approximate surface area is 230 Å². The standard InChI is InChI=1S/C29H27ClFN7O/c30-25-16-23(7-9-28(25)39-18-20-4-3-5-22(31)14-20)34-29-24-15-21(6-8-26(24)32-19-33-29)27-17-38(36-35-27)13-12-37-10-1-2-11-37/h3-9,14-17,19H,1-2,10-13,18H2,(H,32,33,34). The van der Waals surface area contributed by atoms with Gasteiger partial charge in [-0.05, 0) is 74.0 Å². The number of rotatable bonds is 9. The summed E-state index contributed by atoms with van der Waals surface area (Å²) in [6, 6.07) is 17.7. The maximum atomic E-state index is 13.4. The minimum absolute atomic E-state index is 0.215. The van der Waals surface area contributed by atoms with Crippen LogP contribution in [0.15, 0.2) is 73.2 Å². The first kappa shape index (κ1) is 25.2. The van der Waals surface area contributed by atoms with E-state index < -0.39 is 0 Å². The van der Waals surface area contributed by atoms with E-state index in [-0.39, 0.29) is 12.4 Å². The van der Waals surface area contributed by atoms with E-state index in [4.69, 9.17) is 16.3 Å². The summed E-state index contributed by atoms with van der Waals surface area (Å²) in [5.41, 5.74) is 4.02. The number of anilines is 2. The van der Waals surface area contributed by atoms with Gasteiger partial charge in [0.05, 0.1) is 23.3 Å². The van der Waals surface area contributed by atoms with Crippen LogP contribution in [0.3, 0.4) is 0 Å². The molecular weight excluding hydrogens is 517 g/mol. The van der Waals surface area contributed by atoms with Gasteiger partial charge >= 0.3 is 0 Å². The Kier molecular flexibility index (Phi) is 7.33. The van der Waals surface area contributed by atoms with Crippen molar-refractivity contribution < 1.29 is 9.13 Å². The molecule has 6 rings (SSSR count). The number of nitrogens with zero attached hydrogens (tertiary/aromatic N) is 6. The number of ether oxygens (including phenoxy) is 1. The highest BCUT2D eigenvalue weighted by molar-refractivity contribution is 6.32. The second kappa shape index (κ2) is 11.3. The topological polar surface area (TPSA) is 81.0 Å². The van der Waals surface area contributed by atoms with Gasteiger partial charge in [0.2, 0.25) is 0 Å². The Bertz CT molecular complexity index is 1600. The fourth-order valence-corrected chi connectivity index (χ4v) is 4.96. The molecule has 0 aliphatic carbocycles. The van der Waals surface area contributed by atoms with Gasteiger partial charge in [-0.3, -0.25) is 4.68 Å². The summed E-state index contributed by atoms with van der Waals surface area (Å²) in [5, 5.41) is 13.4. The van der Waals surface area contributed by atoms with Crippen LogP contribution in [0.4, 0.5) is 15.9 Å². The van der Waals surface area contributed by atoms with Crippen molar-refractivity contribution in [3.63, 3.8) is 0 Å². The fourth-order valence-electron chi connectivity index (χ4n) is 4.73. The quantitative estimate of drug-likeness (QED) is 0.240. The van der Waals surface area contributed by atoms with E-state index in [1.807, 2.05) is 35.1 Å². The highest BCUT2D eigenvalue weighted by Gasteiger charge is 2.13. The lowest BCUT2D eigenvalue weighted by molar-refractivity contribution is 0.306. The third-order valence-electron chi connectivity index (χ3n) is 6.79. The van der Waals surface area contributed by atoms with Crippen LogP contribution < -0.4 is 10.1 Å². The number of halogens is 2. The van der Waals surface area contributed by atoms with Crippen molar-refractivity contribution in [2.24, 2.45) is 0 Å². The summed E-state index contributed by atoms with van der Waals surface area (Å²) in [6.07, 6.45) is 6.06. The van der Waals surface area contributed by atoms with Crippen molar-refractivity contribution in [2.45, 2.75) is 26.0 Å². The van der Waals surface area contributed by atoms with Crippen molar-refractivity contribution in [2.75, 3.05) is 25.0 Å². The van der Waals surface area contributed by atoms with Gasteiger partial charge in [0.25, 0.3) is 0 Å².